The van der Waals surface area contributed by atoms with Crippen LogP contribution in [0, 0.1) is 6.92 Å². The number of hydrogen-bond donors (Lipinski definition) is 0. The van der Waals surface area contributed by atoms with E-state index in [1.807, 2.05) is 0 Å². The molecular formula is C58H47N3. The summed E-state index contributed by atoms with van der Waals surface area (Å²) in [5.41, 5.74) is 18.4. The summed E-state index contributed by atoms with van der Waals surface area (Å²) in [6, 6.07) is 83.2. The Bertz CT molecular complexity index is 2750. The first-order valence-corrected chi connectivity index (χ1v) is 21.1. The molecule has 0 spiro atoms. The van der Waals surface area contributed by atoms with Gasteiger partial charge in [-0.15, -0.1) is 0 Å². The zero-order chi connectivity index (χ0) is 41.3. The number of para-hydroxylation sites is 4. The third-order valence-corrected chi connectivity index (χ3v) is 12.1. The fraction of sp³-hybridized carbons (Fsp3) is 0.0690. The Labute approximate surface area is 360 Å². The lowest BCUT2D eigenvalue weighted by atomic mass is 9.82. The van der Waals surface area contributed by atoms with Gasteiger partial charge in [0.2, 0.25) is 0 Å². The quantitative estimate of drug-likeness (QED) is 0.137. The van der Waals surface area contributed by atoms with E-state index >= 15 is 0 Å². The first kappa shape index (κ1) is 37.6. The molecule has 0 N–H and O–H groups in total. The van der Waals surface area contributed by atoms with Gasteiger partial charge in [-0.3, -0.25) is 0 Å². The van der Waals surface area contributed by atoms with Gasteiger partial charge in [-0.05, 0) is 125 Å². The molecule has 0 saturated carbocycles. The fourth-order valence-corrected chi connectivity index (χ4v) is 9.21. The number of rotatable bonds is 10. The van der Waals surface area contributed by atoms with Crippen LogP contribution in [-0.2, 0) is 5.41 Å². The summed E-state index contributed by atoms with van der Waals surface area (Å²) in [5.74, 6) is 0. The molecule has 0 bridgehead atoms. The van der Waals surface area contributed by atoms with E-state index in [0.717, 1.165) is 51.2 Å². The molecule has 3 nitrogen and oxygen atoms in total. The Hall–Kier alpha value is -7.62. The number of fused-ring (bicyclic) bond motifs is 3. The zero-order valence-electron chi connectivity index (χ0n) is 34.8. The van der Waals surface area contributed by atoms with E-state index in [2.05, 4.69) is 266 Å². The van der Waals surface area contributed by atoms with E-state index in [1.165, 1.54) is 38.9 Å². The summed E-state index contributed by atoms with van der Waals surface area (Å²) in [6.45, 7) is 7.00. The molecule has 0 atom stereocenters. The molecule has 0 saturated heterocycles. The second kappa shape index (κ2) is 15.9. The van der Waals surface area contributed by atoms with Crippen LogP contribution in [0.5, 0.6) is 0 Å². The van der Waals surface area contributed by atoms with Crippen LogP contribution in [0.4, 0.5) is 51.2 Å². The fourth-order valence-electron chi connectivity index (χ4n) is 9.21. The molecule has 1 aliphatic carbocycles. The Kier molecular flexibility index (Phi) is 9.78. The summed E-state index contributed by atoms with van der Waals surface area (Å²) in [4.78, 5) is 7.23. The molecule has 9 aromatic carbocycles. The number of benzene rings is 9. The van der Waals surface area contributed by atoms with Crippen LogP contribution in [0.2, 0.25) is 0 Å². The maximum absolute atomic E-state index is 2.49. The maximum atomic E-state index is 2.49. The van der Waals surface area contributed by atoms with Crippen LogP contribution in [0.15, 0.2) is 231 Å². The summed E-state index contributed by atoms with van der Waals surface area (Å²) in [5, 5.41) is 0. The molecule has 0 unspecified atom stereocenters. The van der Waals surface area contributed by atoms with Gasteiger partial charge in [0.1, 0.15) is 0 Å². The molecule has 0 radical (unpaired) electrons. The van der Waals surface area contributed by atoms with E-state index in [9.17, 15) is 0 Å². The SMILES string of the molecule is Cc1cccc2c1-c1c(N(c3ccc(-c4ccccc4)cc3)c3cc(N(c4ccccc4)c4ccccc4)cc(N(c4ccccc4)c4ccccc4)c3)cccc1C2(C)C. The molecule has 3 heteroatoms. The molecule has 294 valence electrons. The molecular weight excluding hydrogens is 739 g/mol. The average Bonchev–Trinajstić information content (AvgIpc) is 3.56. The molecule has 10 rings (SSSR count). The van der Waals surface area contributed by atoms with Gasteiger partial charge in [0, 0.05) is 39.4 Å². The van der Waals surface area contributed by atoms with Crippen molar-refractivity contribution in [1.29, 1.82) is 0 Å². The van der Waals surface area contributed by atoms with Crippen LogP contribution in [-0.4, -0.2) is 0 Å². The predicted octanol–water partition coefficient (Wildman–Crippen LogP) is 16.4. The molecule has 0 fully saturated rings. The zero-order valence-corrected chi connectivity index (χ0v) is 34.8. The molecule has 0 amide bonds. The molecule has 1 aliphatic rings. The largest absolute Gasteiger partial charge is 0.310 e. The highest BCUT2D eigenvalue weighted by molar-refractivity contribution is 5.98. The lowest BCUT2D eigenvalue weighted by Crippen LogP contribution is -2.17. The van der Waals surface area contributed by atoms with Gasteiger partial charge in [-0.2, -0.15) is 0 Å². The topological polar surface area (TPSA) is 9.72 Å². The van der Waals surface area contributed by atoms with Crippen LogP contribution in [0.3, 0.4) is 0 Å². The van der Waals surface area contributed by atoms with Crippen molar-refractivity contribution in [3.63, 3.8) is 0 Å². The third kappa shape index (κ3) is 6.94. The van der Waals surface area contributed by atoms with Crippen molar-refractivity contribution in [1.82, 2.24) is 0 Å². The lowest BCUT2D eigenvalue weighted by molar-refractivity contribution is 0.660. The summed E-state index contributed by atoms with van der Waals surface area (Å²) < 4.78 is 0. The molecule has 0 heterocycles. The average molecular weight is 786 g/mol. The number of hydrogen-bond acceptors (Lipinski definition) is 3. The van der Waals surface area contributed by atoms with E-state index in [0.29, 0.717) is 0 Å². The smallest absolute Gasteiger partial charge is 0.0543 e. The highest BCUT2D eigenvalue weighted by Crippen LogP contribution is 2.56. The monoisotopic (exact) mass is 785 g/mol. The van der Waals surface area contributed by atoms with Crippen LogP contribution in [0.25, 0.3) is 22.3 Å². The Morgan fingerprint density at radius 2 is 0.656 bits per heavy atom. The van der Waals surface area contributed by atoms with Crippen molar-refractivity contribution >= 4 is 51.2 Å². The molecule has 61 heavy (non-hydrogen) atoms. The standard InChI is InChI=1S/C58H47N3/c1-42-21-19-32-53-56(42)57-54(58(53,2)3)33-20-34-55(57)61(49-37-35-44(36-38-49)43-22-9-4-10-23-43)52-40-50(59(45-24-11-5-12-25-45)46-26-13-6-14-27-46)39-51(41-52)60(47-28-15-7-16-29-47)48-30-17-8-18-31-48/h4-41H,1-3H3. The predicted molar refractivity (Wildman–Crippen MR) is 258 cm³/mol. The first-order chi connectivity index (χ1) is 30.0. The van der Waals surface area contributed by atoms with E-state index in [-0.39, 0.29) is 5.41 Å². The van der Waals surface area contributed by atoms with Crippen LogP contribution in [0.1, 0.15) is 30.5 Å². The number of aryl methyl sites for hydroxylation is 1. The van der Waals surface area contributed by atoms with Gasteiger partial charge in [0.25, 0.3) is 0 Å². The third-order valence-electron chi connectivity index (χ3n) is 12.1. The Morgan fingerprint density at radius 3 is 1.11 bits per heavy atom. The second-order valence-electron chi connectivity index (χ2n) is 16.3. The minimum absolute atomic E-state index is 0.169. The first-order valence-electron chi connectivity index (χ1n) is 21.1. The van der Waals surface area contributed by atoms with Crippen molar-refractivity contribution in [2.75, 3.05) is 14.7 Å². The van der Waals surface area contributed by atoms with Gasteiger partial charge in [-0.1, -0.05) is 159 Å². The summed E-state index contributed by atoms with van der Waals surface area (Å²) >= 11 is 0. The van der Waals surface area contributed by atoms with Gasteiger partial charge >= 0.3 is 0 Å². The van der Waals surface area contributed by atoms with Crippen molar-refractivity contribution in [2.24, 2.45) is 0 Å². The van der Waals surface area contributed by atoms with Crippen molar-refractivity contribution < 1.29 is 0 Å². The normalized spacial score (nSPS) is 12.3. The van der Waals surface area contributed by atoms with Crippen LogP contribution < -0.4 is 14.7 Å². The second-order valence-corrected chi connectivity index (χ2v) is 16.3. The highest BCUT2D eigenvalue weighted by atomic mass is 15.2. The maximum Gasteiger partial charge on any atom is 0.0543 e. The lowest BCUT2D eigenvalue weighted by Gasteiger charge is -2.34. The van der Waals surface area contributed by atoms with E-state index < -0.39 is 0 Å². The van der Waals surface area contributed by atoms with Crippen molar-refractivity contribution in [2.45, 2.75) is 26.2 Å². The van der Waals surface area contributed by atoms with Crippen LogP contribution >= 0.6 is 0 Å². The van der Waals surface area contributed by atoms with Gasteiger partial charge in [0.15, 0.2) is 0 Å². The number of nitrogens with zero attached hydrogens (tertiary/aromatic N) is 3. The van der Waals surface area contributed by atoms with E-state index in [1.54, 1.807) is 0 Å². The Morgan fingerprint density at radius 1 is 0.295 bits per heavy atom. The molecule has 0 aliphatic heterocycles. The highest BCUT2D eigenvalue weighted by Gasteiger charge is 2.39. The van der Waals surface area contributed by atoms with Gasteiger partial charge < -0.3 is 14.7 Å². The Balaban J connectivity index is 1.29. The number of anilines is 9. The molecule has 0 aromatic heterocycles. The van der Waals surface area contributed by atoms with E-state index in [4.69, 9.17) is 0 Å². The molecule has 9 aromatic rings. The van der Waals surface area contributed by atoms with Crippen molar-refractivity contribution in [3.8, 4) is 22.3 Å². The van der Waals surface area contributed by atoms with Gasteiger partial charge in [0.05, 0.1) is 22.7 Å². The summed E-state index contributed by atoms with van der Waals surface area (Å²) in [6.07, 6.45) is 0. The minimum Gasteiger partial charge on any atom is -0.310 e. The van der Waals surface area contributed by atoms with Crippen molar-refractivity contribution in [3.05, 3.63) is 247 Å². The minimum atomic E-state index is -0.169. The summed E-state index contributed by atoms with van der Waals surface area (Å²) in [7, 11) is 0. The van der Waals surface area contributed by atoms with Gasteiger partial charge in [-0.25, -0.2) is 0 Å².